The monoisotopic (exact) mass is 528 g/mol. The van der Waals surface area contributed by atoms with Crippen LogP contribution in [0.15, 0.2) is 60.0 Å². The summed E-state index contributed by atoms with van der Waals surface area (Å²) >= 11 is 0. The first-order chi connectivity index (χ1) is 17.9. The fourth-order valence-electron chi connectivity index (χ4n) is 4.15. The van der Waals surface area contributed by atoms with Gasteiger partial charge in [-0.05, 0) is 35.9 Å². The third-order valence-corrected chi connectivity index (χ3v) is 5.91. The van der Waals surface area contributed by atoms with Gasteiger partial charge in [-0.3, -0.25) is 9.55 Å². The second kappa shape index (κ2) is 8.58. The lowest BCUT2D eigenvalue weighted by Gasteiger charge is -2.12. The zero-order valence-corrected chi connectivity index (χ0v) is 19.2. The van der Waals surface area contributed by atoms with Crippen LogP contribution >= 0.6 is 0 Å². The third-order valence-electron chi connectivity index (χ3n) is 5.91. The summed E-state index contributed by atoms with van der Waals surface area (Å²) in [5.74, 6) is -0.662. The summed E-state index contributed by atoms with van der Waals surface area (Å²) in [6.07, 6.45) is -4.00. The Morgan fingerprint density at radius 3 is 2.29 bits per heavy atom. The first kappa shape index (κ1) is 24.8. The minimum atomic E-state index is -4.72. The van der Waals surface area contributed by atoms with Crippen molar-refractivity contribution in [2.24, 2.45) is 12.0 Å². The number of hydrogen-bond acceptors (Lipinski definition) is 6. The molecule has 14 heteroatoms. The summed E-state index contributed by atoms with van der Waals surface area (Å²) in [4.78, 5) is 15.4. The van der Waals surface area contributed by atoms with E-state index in [0.717, 1.165) is 18.3 Å². The zero-order chi connectivity index (χ0) is 27.4. The SMILES string of the molecule is Cn1/c(=N/C#N)n(-c2ccc(C(F)(F)F)nc2)c2c3cc(-c4cnc(N)c(C(F)(F)F)c4)ccc3ncc21. The Bertz CT molecular complexity index is 1820. The molecule has 5 rings (SSSR count). The number of fused-ring (bicyclic) bond motifs is 3. The average molecular weight is 528 g/mol. The Morgan fingerprint density at radius 1 is 0.895 bits per heavy atom. The van der Waals surface area contributed by atoms with Crippen LogP contribution in [-0.4, -0.2) is 24.1 Å². The van der Waals surface area contributed by atoms with E-state index in [9.17, 15) is 31.6 Å². The standard InChI is InChI=1S/C24H14F6N8/c1-37-18-10-33-17-4-2-12(13-7-16(23(25,26)27)21(32)35-8-13)6-15(17)20(18)38(22(37)36-11-31)14-3-5-19(34-9-14)24(28,29)30/h2-10H,1H3,(H2,32,35)/b36-22-. The third kappa shape index (κ3) is 4.07. The van der Waals surface area contributed by atoms with E-state index in [2.05, 4.69) is 19.9 Å². The summed E-state index contributed by atoms with van der Waals surface area (Å²) in [5.41, 5.74) is 5.24. The highest BCUT2D eigenvalue weighted by Crippen LogP contribution is 2.36. The van der Waals surface area contributed by atoms with Crippen LogP contribution in [0.4, 0.5) is 32.2 Å². The minimum Gasteiger partial charge on any atom is -0.383 e. The molecule has 2 N–H and O–H groups in total. The molecular formula is C24H14F6N8. The second-order valence-corrected chi connectivity index (χ2v) is 8.18. The van der Waals surface area contributed by atoms with Crippen molar-refractivity contribution in [1.29, 1.82) is 5.26 Å². The van der Waals surface area contributed by atoms with Crippen LogP contribution < -0.4 is 11.4 Å². The number of alkyl halides is 6. The number of benzene rings is 1. The van der Waals surface area contributed by atoms with Crippen molar-refractivity contribution in [3.8, 4) is 23.0 Å². The molecule has 0 aliphatic rings. The molecule has 0 aliphatic heterocycles. The number of aromatic nitrogens is 5. The van der Waals surface area contributed by atoms with Gasteiger partial charge in [-0.1, -0.05) is 6.07 Å². The van der Waals surface area contributed by atoms with Gasteiger partial charge < -0.3 is 10.3 Å². The van der Waals surface area contributed by atoms with Gasteiger partial charge in [0.1, 0.15) is 11.5 Å². The molecule has 0 radical (unpaired) electrons. The molecule has 4 aromatic heterocycles. The van der Waals surface area contributed by atoms with Crippen LogP contribution in [0.5, 0.6) is 0 Å². The molecule has 0 aliphatic carbocycles. The highest BCUT2D eigenvalue weighted by atomic mass is 19.4. The van der Waals surface area contributed by atoms with E-state index in [-0.39, 0.29) is 16.9 Å². The molecule has 0 amide bonds. The Kier molecular flexibility index (Phi) is 5.59. The number of rotatable bonds is 2. The van der Waals surface area contributed by atoms with Gasteiger partial charge in [-0.15, -0.1) is 4.99 Å². The van der Waals surface area contributed by atoms with E-state index >= 15 is 0 Å². The molecule has 38 heavy (non-hydrogen) atoms. The summed E-state index contributed by atoms with van der Waals surface area (Å²) in [5, 5.41) is 9.71. The van der Waals surface area contributed by atoms with Crippen LogP contribution in [0.25, 0.3) is 38.8 Å². The van der Waals surface area contributed by atoms with Gasteiger partial charge in [0.05, 0.1) is 40.2 Å². The molecular weight excluding hydrogens is 514 g/mol. The van der Waals surface area contributed by atoms with Crippen molar-refractivity contribution in [1.82, 2.24) is 24.1 Å². The molecule has 0 atom stereocenters. The molecule has 0 unspecified atom stereocenters. The zero-order valence-electron chi connectivity index (χ0n) is 19.2. The van der Waals surface area contributed by atoms with E-state index in [1.54, 1.807) is 31.4 Å². The number of nitrogens with two attached hydrogens (primary N) is 1. The number of anilines is 1. The molecule has 5 aromatic rings. The number of aryl methyl sites for hydroxylation is 1. The lowest BCUT2D eigenvalue weighted by Crippen LogP contribution is -2.23. The number of imidazole rings is 1. The second-order valence-electron chi connectivity index (χ2n) is 8.18. The van der Waals surface area contributed by atoms with Gasteiger partial charge >= 0.3 is 12.4 Å². The predicted molar refractivity (Wildman–Crippen MR) is 124 cm³/mol. The van der Waals surface area contributed by atoms with Gasteiger partial charge in [-0.2, -0.15) is 31.6 Å². The van der Waals surface area contributed by atoms with Crippen molar-refractivity contribution < 1.29 is 26.3 Å². The number of halogens is 6. The summed E-state index contributed by atoms with van der Waals surface area (Å²) in [7, 11) is 1.59. The molecule has 4 heterocycles. The van der Waals surface area contributed by atoms with Gasteiger partial charge in [-0.25, -0.2) is 9.97 Å². The lowest BCUT2D eigenvalue weighted by molar-refractivity contribution is -0.141. The molecule has 0 fully saturated rings. The smallest absolute Gasteiger partial charge is 0.383 e. The molecule has 1 aromatic carbocycles. The van der Waals surface area contributed by atoms with Gasteiger partial charge in [0.25, 0.3) is 0 Å². The van der Waals surface area contributed by atoms with Crippen LogP contribution in [0.3, 0.4) is 0 Å². The quantitative estimate of drug-likeness (QED) is 0.257. The fraction of sp³-hybridized carbons (Fsp3) is 0.125. The summed E-state index contributed by atoms with van der Waals surface area (Å²) in [6, 6.07) is 7.57. The number of nitriles is 1. The number of pyridine rings is 3. The van der Waals surface area contributed by atoms with Crippen molar-refractivity contribution >= 4 is 27.8 Å². The maximum absolute atomic E-state index is 13.4. The Labute approximate surface area is 208 Å². The highest BCUT2D eigenvalue weighted by Gasteiger charge is 2.34. The first-order valence-corrected chi connectivity index (χ1v) is 10.7. The highest BCUT2D eigenvalue weighted by molar-refractivity contribution is 6.04. The van der Waals surface area contributed by atoms with E-state index in [1.165, 1.54) is 27.6 Å². The van der Waals surface area contributed by atoms with Gasteiger partial charge in [0, 0.05) is 24.2 Å². The molecule has 192 valence electrons. The Hall–Kier alpha value is -4.93. The van der Waals surface area contributed by atoms with Gasteiger partial charge in [0.2, 0.25) is 11.8 Å². The number of hydrogen-bond donors (Lipinski definition) is 1. The van der Waals surface area contributed by atoms with E-state index < -0.39 is 29.4 Å². The summed E-state index contributed by atoms with van der Waals surface area (Å²) < 4.78 is 82.5. The van der Waals surface area contributed by atoms with Gasteiger partial charge in [0.15, 0.2) is 0 Å². The van der Waals surface area contributed by atoms with Crippen LogP contribution in [0.2, 0.25) is 0 Å². The lowest BCUT2D eigenvalue weighted by atomic mass is 10.0. The van der Waals surface area contributed by atoms with Crippen molar-refractivity contribution in [3.05, 3.63) is 71.9 Å². The Balaban J connectivity index is 1.82. The van der Waals surface area contributed by atoms with Crippen LogP contribution in [0, 0.1) is 11.5 Å². The maximum Gasteiger partial charge on any atom is 0.433 e. The first-order valence-electron chi connectivity index (χ1n) is 10.7. The normalized spacial score (nSPS) is 12.8. The minimum absolute atomic E-state index is 0.0669. The molecule has 0 spiro atoms. The largest absolute Gasteiger partial charge is 0.433 e. The topological polar surface area (TPSA) is 111 Å². The van der Waals surface area contributed by atoms with Crippen molar-refractivity contribution in [2.75, 3.05) is 5.73 Å². The predicted octanol–water partition coefficient (Wildman–Crippen LogP) is 4.98. The number of nitrogens with zero attached hydrogens (tertiary/aromatic N) is 7. The van der Waals surface area contributed by atoms with Crippen LogP contribution in [0.1, 0.15) is 11.3 Å². The van der Waals surface area contributed by atoms with E-state index in [1.807, 2.05) is 0 Å². The molecule has 0 bridgehead atoms. The Morgan fingerprint density at radius 2 is 1.66 bits per heavy atom. The molecule has 8 nitrogen and oxygen atoms in total. The molecule has 0 saturated heterocycles. The van der Waals surface area contributed by atoms with Crippen LogP contribution in [-0.2, 0) is 19.4 Å². The fourth-order valence-corrected chi connectivity index (χ4v) is 4.15. The van der Waals surface area contributed by atoms with Crippen molar-refractivity contribution in [3.63, 3.8) is 0 Å². The molecule has 0 saturated carbocycles. The summed E-state index contributed by atoms with van der Waals surface area (Å²) in [6.45, 7) is 0. The maximum atomic E-state index is 13.4. The van der Waals surface area contributed by atoms with E-state index in [4.69, 9.17) is 5.73 Å². The number of nitrogen functional groups attached to an aromatic ring is 1. The van der Waals surface area contributed by atoms with Crippen molar-refractivity contribution in [2.45, 2.75) is 12.4 Å². The average Bonchev–Trinajstić information content (AvgIpc) is 3.15. The van der Waals surface area contributed by atoms with E-state index in [0.29, 0.717) is 27.5 Å².